The zero-order valence-corrected chi connectivity index (χ0v) is 9.62. The van der Waals surface area contributed by atoms with E-state index in [4.69, 9.17) is 23.2 Å². The molecule has 0 saturated heterocycles. The first-order valence-electron chi connectivity index (χ1n) is 4.62. The first-order valence-corrected chi connectivity index (χ1v) is 5.38. The molecular weight excluding hydrogens is 233 g/mol. The van der Waals surface area contributed by atoms with Crippen molar-refractivity contribution in [2.45, 2.75) is 13.3 Å². The maximum absolute atomic E-state index is 11.7. The lowest BCUT2D eigenvalue weighted by Crippen LogP contribution is -2.05. The Morgan fingerprint density at radius 3 is 2.67 bits per heavy atom. The van der Waals surface area contributed by atoms with Crippen molar-refractivity contribution in [3.63, 3.8) is 0 Å². The number of aryl methyl sites for hydroxylation is 1. The van der Waals surface area contributed by atoms with Crippen molar-refractivity contribution in [1.82, 2.24) is 4.98 Å². The first-order chi connectivity index (χ1) is 7.11. The van der Waals surface area contributed by atoms with Gasteiger partial charge in [0.15, 0.2) is 5.43 Å². The van der Waals surface area contributed by atoms with E-state index >= 15 is 0 Å². The van der Waals surface area contributed by atoms with E-state index < -0.39 is 0 Å². The summed E-state index contributed by atoms with van der Waals surface area (Å²) in [4.78, 5) is 14.9. The van der Waals surface area contributed by atoms with Gasteiger partial charge in [0.25, 0.3) is 0 Å². The predicted molar refractivity (Wildman–Crippen MR) is 64.0 cm³/mol. The van der Waals surface area contributed by atoms with Gasteiger partial charge in [-0.05, 0) is 18.6 Å². The van der Waals surface area contributed by atoms with Gasteiger partial charge in [-0.3, -0.25) is 4.79 Å². The molecule has 0 atom stereocenters. The number of hydrogen-bond donors (Lipinski definition) is 1. The maximum atomic E-state index is 11.7. The second kappa shape index (κ2) is 3.87. The van der Waals surface area contributed by atoms with Crippen LogP contribution in [0.4, 0.5) is 0 Å². The molecule has 2 rings (SSSR count). The van der Waals surface area contributed by atoms with Crippen LogP contribution in [0, 0.1) is 0 Å². The van der Waals surface area contributed by atoms with Crippen LogP contribution in [0.1, 0.15) is 12.6 Å². The molecule has 1 heterocycles. The van der Waals surface area contributed by atoms with E-state index in [1.165, 1.54) is 0 Å². The highest BCUT2D eigenvalue weighted by atomic mass is 35.5. The van der Waals surface area contributed by atoms with Crippen LogP contribution in [-0.4, -0.2) is 4.98 Å². The van der Waals surface area contributed by atoms with Gasteiger partial charge in [0.05, 0.1) is 15.9 Å². The largest absolute Gasteiger partial charge is 0.358 e. The maximum Gasteiger partial charge on any atom is 0.191 e. The average molecular weight is 242 g/mol. The van der Waals surface area contributed by atoms with Crippen LogP contribution in [0.2, 0.25) is 10.0 Å². The molecule has 4 heteroatoms. The Morgan fingerprint density at radius 2 is 2.00 bits per heavy atom. The fraction of sp³-hybridized carbons (Fsp3) is 0.182. The minimum atomic E-state index is -0.0673. The van der Waals surface area contributed by atoms with Crippen molar-refractivity contribution in [3.05, 3.63) is 44.2 Å². The molecule has 0 radical (unpaired) electrons. The molecule has 0 spiro atoms. The van der Waals surface area contributed by atoms with Gasteiger partial charge in [0, 0.05) is 16.8 Å². The third-order valence-corrected chi connectivity index (χ3v) is 2.80. The summed E-state index contributed by atoms with van der Waals surface area (Å²) in [6.07, 6.45) is 0.773. The second-order valence-electron chi connectivity index (χ2n) is 3.32. The number of rotatable bonds is 1. The molecule has 0 aliphatic heterocycles. The first kappa shape index (κ1) is 10.5. The van der Waals surface area contributed by atoms with E-state index in [1.54, 1.807) is 18.2 Å². The number of aromatic nitrogens is 1. The molecule has 1 N–H and O–H groups in total. The highest BCUT2D eigenvalue weighted by molar-refractivity contribution is 6.38. The average Bonchev–Trinajstić information content (AvgIpc) is 2.15. The van der Waals surface area contributed by atoms with E-state index in [0.29, 0.717) is 20.9 Å². The molecule has 15 heavy (non-hydrogen) atoms. The van der Waals surface area contributed by atoms with Gasteiger partial charge in [-0.25, -0.2) is 0 Å². The van der Waals surface area contributed by atoms with Crippen LogP contribution < -0.4 is 5.43 Å². The Balaban J connectivity index is 2.91. The molecule has 0 aliphatic carbocycles. The van der Waals surface area contributed by atoms with Gasteiger partial charge >= 0.3 is 0 Å². The van der Waals surface area contributed by atoms with E-state index in [-0.39, 0.29) is 5.43 Å². The van der Waals surface area contributed by atoms with Crippen molar-refractivity contribution in [1.29, 1.82) is 0 Å². The van der Waals surface area contributed by atoms with Gasteiger partial charge in [-0.1, -0.05) is 30.1 Å². The third-order valence-electron chi connectivity index (χ3n) is 2.28. The fourth-order valence-corrected chi connectivity index (χ4v) is 2.14. The molecule has 1 aromatic carbocycles. The lowest BCUT2D eigenvalue weighted by atomic mass is 10.2. The normalized spacial score (nSPS) is 10.9. The molecule has 0 amide bonds. The topological polar surface area (TPSA) is 32.9 Å². The Morgan fingerprint density at radius 1 is 1.27 bits per heavy atom. The van der Waals surface area contributed by atoms with Crippen LogP contribution in [0.15, 0.2) is 23.0 Å². The van der Waals surface area contributed by atoms with Crippen LogP contribution in [0.25, 0.3) is 10.9 Å². The van der Waals surface area contributed by atoms with E-state index in [0.717, 1.165) is 12.1 Å². The second-order valence-corrected chi connectivity index (χ2v) is 4.17. The monoisotopic (exact) mass is 241 g/mol. The number of aromatic amines is 1. The zero-order valence-electron chi connectivity index (χ0n) is 8.10. The van der Waals surface area contributed by atoms with Crippen molar-refractivity contribution in [2.24, 2.45) is 0 Å². The summed E-state index contributed by atoms with van der Waals surface area (Å²) >= 11 is 11.8. The van der Waals surface area contributed by atoms with Crippen molar-refractivity contribution >= 4 is 34.1 Å². The molecule has 0 saturated carbocycles. The quantitative estimate of drug-likeness (QED) is 0.816. The SMILES string of the molecule is CCc1cc(=O)c2c(Cl)cc(Cl)cc2[nH]1. The molecule has 0 unspecified atom stereocenters. The van der Waals surface area contributed by atoms with Crippen LogP contribution in [0.3, 0.4) is 0 Å². The molecular formula is C11H9Cl2NO. The Bertz CT molecular complexity index is 575. The van der Waals surface area contributed by atoms with E-state index in [2.05, 4.69) is 4.98 Å². The number of nitrogens with one attached hydrogen (secondary N) is 1. The zero-order chi connectivity index (χ0) is 11.0. The number of pyridine rings is 1. The summed E-state index contributed by atoms with van der Waals surface area (Å²) in [5, 5.41) is 1.41. The summed E-state index contributed by atoms with van der Waals surface area (Å²) in [6.45, 7) is 1.98. The third kappa shape index (κ3) is 1.87. The Kier molecular flexibility index (Phi) is 2.72. The van der Waals surface area contributed by atoms with Gasteiger partial charge in [0.1, 0.15) is 0 Å². The number of halogens is 2. The van der Waals surface area contributed by atoms with Crippen molar-refractivity contribution < 1.29 is 0 Å². The number of hydrogen-bond acceptors (Lipinski definition) is 1. The van der Waals surface area contributed by atoms with Crippen molar-refractivity contribution in [2.75, 3.05) is 0 Å². The van der Waals surface area contributed by atoms with Gasteiger partial charge in [-0.15, -0.1) is 0 Å². The highest BCUT2D eigenvalue weighted by Crippen LogP contribution is 2.24. The standard InChI is InChI=1S/C11H9Cl2NO/c1-2-7-5-10(15)11-8(13)3-6(12)4-9(11)14-7/h3-5H,2H2,1H3,(H,14,15). The van der Waals surface area contributed by atoms with Crippen molar-refractivity contribution in [3.8, 4) is 0 Å². The van der Waals surface area contributed by atoms with Gasteiger partial charge < -0.3 is 4.98 Å². The predicted octanol–water partition coefficient (Wildman–Crippen LogP) is 3.40. The van der Waals surface area contributed by atoms with Gasteiger partial charge in [0.2, 0.25) is 0 Å². The number of H-pyrrole nitrogens is 1. The number of fused-ring (bicyclic) bond motifs is 1. The smallest absolute Gasteiger partial charge is 0.191 e. The summed E-state index contributed by atoms with van der Waals surface area (Å²) in [7, 11) is 0. The summed E-state index contributed by atoms with van der Waals surface area (Å²) in [6, 6.07) is 4.86. The molecule has 2 aromatic rings. The Hall–Kier alpha value is -0.990. The summed E-state index contributed by atoms with van der Waals surface area (Å²) in [5.74, 6) is 0. The molecule has 0 aliphatic rings. The van der Waals surface area contributed by atoms with E-state index in [9.17, 15) is 4.79 Å². The lowest BCUT2D eigenvalue weighted by Gasteiger charge is -2.04. The lowest BCUT2D eigenvalue weighted by molar-refractivity contribution is 1.05. The molecule has 0 bridgehead atoms. The molecule has 0 fully saturated rings. The number of benzene rings is 1. The summed E-state index contributed by atoms with van der Waals surface area (Å²) in [5.41, 5.74) is 1.50. The fourth-order valence-electron chi connectivity index (χ4n) is 1.55. The van der Waals surface area contributed by atoms with Crippen LogP contribution in [-0.2, 0) is 6.42 Å². The Labute approximate surface area is 96.8 Å². The highest BCUT2D eigenvalue weighted by Gasteiger charge is 2.06. The molecule has 1 aromatic heterocycles. The van der Waals surface area contributed by atoms with Crippen LogP contribution in [0.5, 0.6) is 0 Å². The van der Waals surface area contributed by atoms with Gasteiger partial charge in [-0.2, -0.15) is 0 Å². The molecule has 2 nitrogen and oxygen atoms in total. The van der Waals surface area contributed by atoms with Crippen LogP contribution >= 0.6 is 23.2 Å². The molecule has 78 valence electrons. The summed E-state index contributed by atoms with van der Waals surface area (Å²) < 4.78 is 0. The minimum absolute atomic E-state index is 0.0673. The minimum Gasteiger partial charge on any atom is -0.358 e. The van der Waals surface area contributed by atoms with E-state index in [1.807, 2.05) is 6.92 Å².